The van der Waals surface area contributed by atoms with E-state index in [1.807, 2.05) is 24.0 Å². The Morgan fingerprint density at radius 1 is 1.32 bits per heavy atom. The van der Waals surface area contributed by atoms with E-state index in [0.29, 0.717) is 5.25 Å². The Morgan fingerprint density at radius 2 is 2.21 bits per heavy atom. The van der Waals surface area contributed by atoms with Crippen molar-refractivity contribution in [1.29, 1.82) is 0 Å². The van der Waals surface area contributed by atoms with Crippen LogP contribution in [0, 0.1) is 0 Å². The summed E-state index contributed by atoms with van der Waals surface area (Å²) in [5.41, 5.74) is 5.64. The molecule has 0 saturated heterocycles. The third-order valence-corrected chi connectivity index (χ3v) is 4.96. The van der Waals surface area contributed by atoms with E-state index in [9.17, 15) is 0 Å². The van der Waals surface area contributed by atoms with Crippen molar-refractivity contribution in [1.82, 2.24) is 10.4 Å². The number of nitrogens with one attached hydrogen (secondary N) is 1. The molecule has 2 atom stereocenters. The van der Waals surface area contributed by atoms with Gasteiger partial charge in [-0.15, -0.1) is 11.8 Å². The van der Waals surface area contributed by atoms with Gasteiger partial charge in [0.15, 0.2) is 0 Å². The second-order valence-electron chi connectivity index (χ2n) is 4.81. The summed E-state index contributed by atoms with van der Waals surface area (Å²) < 4.78 is 0. The molecular formula is C15H17N3S. The third kappa shape index (κ3) is 2.81. The number of nitrogens with two attached hydrogens (primary N) is 1. The van der Waals surface area contributed by atoms with E-state index in [-0.39, 0.29) is 6.04 Å². The fraction of sp³-hybridized carbons (Fsp3) is 0.267. The van der Waals surface area contributed by atoms with Gasteiger partial charge in [0.25, 0.3) is 0 Å². The van der Waals surface area contributed by atoms with Gasteiger partial charge in [-0.2, -0.15) is 0 Å². The highest BCUT2D eigenvalue weighted by molar-refractivity contribution is 8.00. The minimum Gasteiger partial charge on any atom is -0.271 e. The van der Waals surface area contributed by atoms with Crippen molar-refractivity contribution in [3.05, 3.63) is 59.9 Å². The largest absolute Gasteiger partial charge is 0.271 e. The van der Waals surface area contributed by atoms with E-state index < -0.39 is 0 Å². The van der Waals surface area contributed by atoms with Crippen LogP contribution in [0.1, 0.15) is 11.1 Å². The highest BCUT2D eigenvalue weighted by atomic mass is 32.2. The van der Waals surface area contributed by atoms with Gasteiger partial charge in [-0.25, -0.2) is 0 Å². The van der Waals surface area contributed by atoms with E-state index in [0.717, 1.165) is 12.8 Å². The first-order chi connectivity index (χ1) is 9.36. The number of nitrogens with zero attached hydrogens (tertiary/aromatic N) is 1. The van der Waals surface area contributed by atoms with Gasteiger partial charge in [-0.1, -0.05) is 24.3 Å². The molecule has 1 aromatic heterocycles. The molecular weight excluding hydrogens is 254 g/mol. The maximum Gasteiger partial charge on any atom is 0.0377 e. The van der Waals surface area contributed by atoms with E-state index >= 15 is 0 Å². The lowest BCUT2D eigenvalue weighted by Crippen LogP contribution is -2.44. The number of fused-ring (bicyclic) bond motifs is 1. The van der Waals surface area contributed by atoms with Crippen LogP contribution in [-0.4, -0.2) is 16.3 Å². The molecule has 19 heavy (non-hydrogen) atoms. The minimum absolute atomic E-state index is 0.265. The number of thioether (sulfide) groups is 1. The second-order valence-corrected chi connectivity index (χ2v) is 6.09. The average molecular weight is 271 g/mol. The summed E-state index contributed by atoms with van der Waals surface area (Å²) >= 11 is 1.93. The van der Waals surface area contributed by atoms with Gasteiger partial charge in [0.2, 0.25) is 0 Å². The summed E-state index contributed by atoms with van der Waals surface area (Å²) in [5.74, 6) is 5.75. The van der Waals surface area contributed by atoms with Crippen LogP contribution in [0.25, 0.3) is 0 Å². The zero-order chi connectivity index (χ0) is 13.1. The summed E-state index contributed by atoms with van der Waals surface area (Å²) in [6, 6.07) is 12.9. The number of hydrogen-bond donors (Lipinski definition) is 2. The van der Waals surface area contributed by atoms with Crippen molar-refractivity contribution in [2.24, 2.45) is 5.84 Å². The van der Waals surface area contributed by atoms with Crippen LogP contribution in [0.3, 0.4) is 0 Å². The van der Waals surface area contributed by atoms with Crippen LogP contribution >= 0.6 is 11.8 Å². The SMILES string of the molecule is NNC(Cc1cccnc1)C1Cc2ccccc2S1. The highest BCUT2D eigenvalue weighted by Gasteiger charge is 2.28. The molecule has 0 amide bonds. The second kappa shape index (κ2) is 5.74. The number of hydrazine groups is 1. The molecule has 2 heterocycles. The molecule has 0 fully saturated rings. The van der Waals surface area contributed by atoms with E-state index in [1.165, 1.54) is 16.0 Å². The van der Waals surface area contributed by atoms with E-state index in [2.05, 4.69) is 40.7 Å². The highest BCUT2D eigenvalue weighted by Crippen LogP contribution is 2.38. The first kappa shape index (κ1) is 12.7. The fourth-order valence-electron chi connectivity index (χ4n) is 2.50. The van der Waals surface area contributed by atoms with Gasteiger partial charge < -0.3 is 0 Å². The normalized spacial score (nSPS) is 19.1. The van der Waals surface area contributed by atoms with Crippen LogP contribution in [0.4, 0.5) is 0 Å². The van der Waals surface area contributed by atoms with Crippen molar-refractivity contribution in [3.8, 4) is 0 Å². The van der Waals surface area contributed by atoms with Crippen molar-refractivity contribution in [3.63, 3.8) is 0 Å². The van der Waals surface area contributed by atoms with Crippen LogP contribution in [0.2, 0.25) is 0 Å². The number of hydrogen-bond acceptors (Lipinski definition) is 4. The molecule has 3 N–H and O–H groups in total. The first-order valence-corrected chi connectivity index (χ1v) is 7.34. The Labute approximate surface area is 117 Å². The molecule has 4 heteroatoms. The summed E-state index contributed by atoms with van der Waals surface area (Å²) in [4.78, 5) is 5.55. The zero-order valence-corrected chi connectivity index (χ0v) is 11.4. The van der Waals surface area contributed by atoms with Gasteiger partial charge in [0.05, 0.1) is 0 Å². The molecule has 3 rings (SSSR count). The molecule has 0 radical (unpaired) electrons. The number of rotatable bonds is 4. The van der Waals surface area contributed by atoms with Crippen molar-refractivity contribution < 1.29 is 0 Å². The lowest BCUT2D eigenvalue weighted by molar-refractivity contribution is 0.506. The number of benzene rings is 1. The van der Waals surface area contributed by atoms with Crippen molar-refractivity contribution in [2.75, 3.05) is 0 Å². The van der Waals surface area contributed by atoms with Gasteiger partial charge in [-0.3, -0.25) is 16.3 Å². The summed E-state index contributed by atoms with van der Waals surface area (Å²) in [5, 5.41) is 0.489. The first-order valence-electron chi connectivity index (χ1n) is 6.46. The molecule has 0 spiro atoms. The Morgan fingerprint density at radius 3 is 2.95 bits per heavy atom. The molecule has 1 aliphatic heterocycles. The molecule has 0 aliphatic carbocycles. The summed E-state index contributed by atoms with van der Waals surface area (Å²) in [6.45, 7) is 0. The Balaban J connectivity index is 1.71. The monoisotopic (exact) mass is 271 g/mol. The third-order valence-electron chi connectivity index (χ3n) is 3.51. The van der Waals surface area contributed by atoms with Crippen LogP contribution in [0.5, 0.6) is 0 Å². The van der Waals surface area contributed by atoms with Gasteiger partial charge in [-0.05, 0) is 36.1 Å². The predicted molar refractivity (Wildman–Crippen MR) is 78.8 cm³/mol. The predicted octanol–water partition coefficient (Wildman–Crippen LogP) is 2.17. The molecule has 0 saturated carbocycles. The van der Waals surface area contributed by atoms with Gasteiger partial charge in [0.1, 0.15) is 0 Å². The standard InChI is InChI=1S/C15H17N3S/c16-18-13(8-11-4-3-7-17-10-11)15-9-12-5-1-2-6-14(12)19-15/h1-7,10,13,15,18H,8-9,16H2. The minimum atomic E-state index is 0.265. The summed E-state index contributed by atoms with van der Waals surface area (Å²) in [6.07, 6.45) is 5.71. The lowest BCUT2D eigenvalue weighted by atomic mass is 10.0. The zero-order valence-electron chi connectivity index (χ0n) is 10.6. The quantitative estimate of drug-likeness (QED) is 0.661. The Hall–Kier alpha value is -1.36. The van der Waals surface area contributed by atoms with Crippen molar-refractivity contribution in [2.45, 2.75) is 29.0 Å². The van der Waals surface area contributed by atoms with Gasteiger partial charge in [0, 0.05) is 28.6 Å². The fourth-order valence-corrected chi connectivity index (χ4v) is 3.89. The maximum atomic E-state index is 5.75. The van der Waals surface area contributed by atoms with Crippen molar-refractivity contribution >= 4 is 11.8 Å². The van der Waals surface area contributed by atoms with Crippen LogP contribution < -0.4 is 11.3 Å². The van der Waals surface area contributed by atoms with E-state index in [4.69, 9.17) is 5.84 Å². The topological polar surface area (TPSA) is 50.9 Å². The Kier molecular flexibility index (Phi) is 3.82. The molecule has 0 bridgehead atoms. The van der Waals surface area contributed by atoms with E-state index in [1.54, 1.807) is 6.20 Å². The van der Waals surface area contributed by atoms with Crippen LogP contribution in [0.15, 0.2) is 53.7 Å². The molecule has 2 unspecified atom stereocenters. The lowest BCUT2D eigenvalue weighted by Gasteiger charge is -2.21. The molecule has 98 valence electrons. The number of aromatic nitrogens is 1. The smallest absolute Gasteiger partial charge is 0.0377 e. The molecule has 1 aliphatic rings. The van der Waals surface area contributed by atoms with Crippen LogP contribution in [-0.2, 0) is 12.8 Å². The molecule has 2 aromatic rings. The summed E-state index contributed by atoms with van der Waals surface area (Å²) in [7, 11) is 0. The Bertz CT molecular complexity index is 519. The van der Waals surface area contributed by atoms with Gasteiger partial charge >= 0.3 is 0 Å². The number of pyridine rings is 1. The average Bonchev–Trinajstić information content (AvgIpc) is 2.89. The molecule has 3 nitrogen and oxygen atoms in total. The maximum absolute atomic E-state index is 5.75. The molecule has 1 aromatic carbocycles.